The molecule has 1 aromatic heterocycles. The maximum atomic E-state index is 13.2. The molecule has 0 bridgehead atoms. The van der Waals surface area contributed by atoms with Crippen molar-refractivity contribution in [1.82, 2.24) is 15.0 Å². The first kappa shape index (κ1) is 13.2. The monoisotopic (exact) mass is 313 g/mol. The Balaban J connectivity index is 2.16. The highest BCUT2D eigenvalue weighted by Gasteiger charge is 2.10. The second kappa shape index (κ2) is 5.58. The summed E-state index contributed by atoms with van der Waals surface area (Å²) in [7, 11) is 0. The van der Waals surface area contributed by atoms with Gasteiger partial charge in [-0.15, -0.1) is 5.10 Å². The van der Waals surface area contributed by atoms with E-state index in [1.165, 1.54) is 12.1 Å². The maximum Gasteiger partial charge on any atom is 0.124 e. The number of hydrogen-bond acceptors (Lipinski definition) is 3. The largest absolute Gasteiger partial charge is 0.387 e. The van der Waals surface area contributed by atoms with Crippen LogP contribution in [0.3, 0.4) is 0 Å². The average molecular weight is 314 g/mol. The van der Waals surface area contributed by atoms with E-state index in [9.17, 15) is 9.50 Å². The Bertz CT molecular complexity index is 524. The molecule has 0 fully saturated rings. The number of aliphatic hydroxyl groups is 1. The fourth-order valence-electron chi connectivity index (χ4n) is 1.64. The molecule has 0 aliphatic rings. The number of benzene rings is 1. The second-order valence-corrected chi connectivity index (χ2v) is 4.96. The Morgan fingerprint density at radius 2 is 2.22 bits per heavy atom. The van der Waals surface area contributed by atoms with Crippen LogP contribution in [0.1, 0.15) is 30.7 Å². The Morgan fingerprint density at radius 1 is 1.44 bits per heavy atom. The van der Waals surface area contributed by atoms with E-state index < -0.39 is 6.10 Å². The van der Waals surface area contributed by atoms with E-state index in [1.54, 1.807) is 10.9 Å². The molecule has 1 heterocycles. The van der Waals surface area contributed by atoms with Crippen molar-refractivity contribution in [2.24, 2.45) is 0 Å². The van der Waals surface area contributed by atoms with Crippen molar-refractivity contribution in [3.63, 3.8) is 0 Å². The summed E-state index contributed by atoms with van der Waals surface area (Å²) in [5, 5.41) is 17.4. The van der Waals surface area contributed by atoms with Crippen LogP contribution < -0.4 is 0 Å². The molecule has 1 N–H and O–H groups in total. The van der Waals surface area contributed by atoms with E-state index in [2.05, 4.69) is 26.2 Å². The Morgan fingerprint density at radius 3 is 2.89 bits per heavy atom. The molecule has 0 saturated carbocycles. The molecular weight excluding hydrogens is 301 g/mol. The van der Waals surface area contributed by atoms with E-state index in [0.717, 1.165) is 5.56 Å². The van der Waals surface area contributed by atoms with Gasteiger partial charge in [0.05, 0.1) is 18.8 Å². The van der Waals surface area contributed by atoms with Gasteiger partial charge in [0, 0.05) is 4.47 Å². The molecule has 6 heteroatoms. The lowest BCUT2D eigenvalue weighted by atomic mass is 10.2. The van der Waals surface area contributed by atoms with Crippen molar-refractivity contribution >= 4 is 15.9 Å². The molecular formula is C12H13BrFN3O. The summed E-state index contributed by atoms with van der Waals surface area (Å²) in [6, 6.07) is 4.67. The van der Waals surface area contributed by atoms with Gasteiger partial charge >= 0.3 is 0 Å². The van der Waals surface area contributed by atoms with E-state index in [0.29, 0.717) is 23.1 Å². The number of nitrogens with zero attached hydrogens (tertiary/aromatic N) is 3. The van der Waals surface area contributed by atoms with Crippen LogP contribution in [0.25, 0.3) is 0 Å². The van der Waals surface area contributed by atoms with Crippen molar-refractivity contribution in [2.45, 2.75) is 26.0 Å². The van der Waals surface area contributed by atoms with Gasteiger partial charge in [-0.05, 0) is 30.2 Å². The quantitative estimate of drug-likeness (QED) is 0.944. The predicted octanol–water partition coefficient (Wildman–Crippen LogP) is 2.67. The molecule has 1 atom stereocenters. The zero-order chi connectivity index (χ0) is 13.1. The van der Waals surface area contributed by atoms with Gasteiger partial charge in [-0.1, -0.05) is 28.1 Å². The van der Waals surface area contributed by atoms with Crippen LogP contribution in [-0.4, -0.2) is 20.1 Å². The third-order valence-corrected chi connectivity index (χ3v) is 3.01. The highest BCUT2D eigenvalue weighted by Crippen LogP contribution is 2.17. The molecule has 0 aliphatic carbocycles. The molecule has 0 saturated heterocycles. The molecule has 0 radical (unpaired) electrons. The summed E-state index contributed by atoms with van der Waals surface area (Å²) in [6.45, 7) is 2.28. The number of aliphatic hydroxyl groups excluding tert-OH is 1. The SMILES string of the molecule is CCC(O)c1cn(Cc2cc(F)cc(Br)c2)nn1. The van der Waals surface area contributed by atoms with Gasteiger partial charge in [-0.25, -0.2) is 9.07 Å². The zero-order valence-corrected chi connectivity index (χ0v) is 11.4. The van der Waals surface area contributed by atoms with Gasteiger partial charge < -0.3 is 5.11 Å². The van der Waals surface area contributed by atoms with Gasteiger partial charge in [-0.3, -0.25) is 0 Å². The standard InChI is InChI=1S/C12H13BrFN3O/c1-2-12(18)11-7-17(16-15-11)6-8-3-9(13)5-10(14)4-8/h3-5,7,12,18H,2,6H2,1H3. The lowest BCUT2D eigenvalue weighted by molar-refractivity contribution is 0.168. The van der Waals surface area contributed by atoms with Crippen LogP contribution in [0.4, 0.5) is 4.39 Å². The Labute approximate surface area is 113 Å². The average Bonchev–Trinajstić information content (AvgIpc) is 2.75. The van der Waals surface area contributed by atoms with Gasteiger partial charge in [0.15, 0.2) is 0 Å². The van der Waals surface area contributed by atoms with Crippen LogP contribution in [0, 0.1) is 5.82 Å². The van der Waals surface area contributed by atoms with Crippen molar-refractivity contribution in [3.8, 4) is 0 Å². The third kappa shape index (κ3) is 3.14. The van der Waals surface area contributed by atoms with Crippen LogP contribution in [-0.2, 0) is 6.54 Å². The Kier molecular flexibility index (Phi) is 4.08. The lowest BCUT2D eigenvalue weighted by Gasteiger charge is -2.03. The van der Waals surface area contributed by atoms with Crippen LogP contribution >= 0.6 is 15.9 Å². The van der Waals surface area contributed by atoms with Crippen LogP contribution in [0.5, 0.6) is 0 Å². The van der Waals surface area contributed by atoms with E-state index in [1.807, 2.05) is 13.0 Å². The second-order valence-electron chi connectivity index (χ2n) is 4.04. The molecule has 1 aromatic carbocycles. The maximum absolute atomic E-state index is 13.2. The highest BCUT2D eigenvalue weighted by atomic mass is 79.9. The minimum Gasteiger partial charge on any atom is -0.387 e. The first-order valence-electron chi connectivity index (χ1n) is 5.61. The lowest BCUT2D eigenvalue weighted by Crippen LogP contribution is -2.01. The zero-order valence-electron chi connectivity index (χ0n) is 9.85. The summed E-state index contributed by atoms with van der Waals surface area (Å²) in [4.78, 5) is 0. The molecule has 2 rings (SSSR count). The molecule has 4 nitrogen and oxygen atoms in total. The summed E-state index contributed by atoms with van der Waals surface area (Å²) in [5.74, 6) is -0.298. The van der Waals surface area contributed by atoms with Gasteiger partial charge in [0.1, 0.15) is 11.5 Å². The minimum absolute atomic E-state index is 0.298. The fraction of sp³-hybridized carbons (Fsp3) is 0.333. The molecule has 18 heavy (non-hydrogen) atoms. The summed E-state index contributed by atoms with van der Waals surface area (Å²) < 4.78 is 15.5. The Hall–Kier alpha value is -1.27. The highest BCUT2D eigenvalue weighted by molar-refractivity contribution is 9.10. The first-order chi connectivity index (χ1) is 8.58. The van der Waals surface area contributed by atoms with Crippen LogP contribution in [0.2, 0.25) is 0 Å². The number of hydrogen-bond donors (Lipinski definition) is 1. The minimum atomic E-state index is -0.599. The topological polar surface area (TPSA) is 50.9 Å². The van der Waals surface area contributed by atoms with Gasteiger partial charge in [0.2, 0.25) is 0 Å². The van der Waals surface area contributed by atoms with Crippen LogP contribution in [0.15, 0.2) is 28.9 Å². The van der Waals surface area contributed by atoms with Gasteiger partial charge in [-0.2, -0.15) is 0 Å². The van der Waals surface area contributed by atoms with Crippen molar-refractivity contribution < 1.29 is 9.50 Å². The van der Waals surface area contributed by atoms with Crippen molar-refractivity contribution in [2.75, 3.05) is 0 Å². The molecule has 0 spiro atoms. The van der Waals surface area contributed by atoms with E-state index >= 15 is 0 Å². The summed E-state index contributed by atoms with van der Waals surface area (Å²) in [6.07, 6.45) is 1.66. The number of halogens is 2. The first-order valence-corrected chi connectivity index (χ1v) is 6.41. The van der Waals surface area contributed by atoms with Crippen molar-refractivity contribution in [1.29, 1.82) is 0 Å². The molecule has 1 unspecified atom stereocenters. The number of rotatable bonds is 4. The van der Waals surface area contributed by atoms with Gasteiger partial charge in [0.25, 0.3) is 0 Å². The molecule has 0 amide bonds. The fourth-order valence-corrected chi connectivity index (χ4v) is 2.15. The molecule has 0 aliphatic heterocycles. The molecule has 2 aromatic rings. The summed E-state index contributed by atoms with van der Waals surface area (Å²) in [5.41, 5.74) is 1.32. The number of aromatic nitrogens is 3. The smallest absolute Gasteiger partial charge is 0.124 e. The van der Waals surface area contributed by atoms with Crippen molar-refractivity contribution in [3.05, 3.63) is 45.9 Å². The molecule has 96 valence electrons. The van der Waals surface area contributed by atoms with E-state index in [-0.39, 0.29) is 5.82 Å². The van der Waals surface area contributed by atoms with E-state index in [4.69, 9.17) is 0 Å². The predicted molar refractivity (Wildman–Crippen MR) is 68.5 cm³/mol. The summed E-state index contributed by atoms with van der Waals surface area (Å²) >= 11 is 3.24. The third-order valence-electron chi connectivity index (χ3n) is 2.55. The normalized spacial score (nSPS) is 12.7.